The molecule has 1 saturated carbocycles. The molecule has 6 heteroatoms. The molecule has 2 amide bonds. The van der Waals surface area contributed by atoms with Gasteiger partial charge in [0.05, 0.1) is 18.4 Å². The van der Waals surface area contributed by atoms with Crippen LogP contribution < -0.4 is 0 Å². The number of aryl methyl sites for hydroxylation is 2. The lowest BCUT2D eigenvalue weighted by Gasteiger charge is -2.32. The Labute approximate surface area is 196 Å². The molecule has 174 valence electrons. The molecule has 0 saturated heterocycles. The van der Waals surface area contributed by atoms with Crippen LogP contribution in [0.25, 0.3) is 0 Å². The van der Waals surface area contributed by atoms with Gasteiger partial charge in [0, 0.05) is 26.0 Å². The summed E-state index contributed by atoms with van der Waals surface area (Å²) in [6, 6.07) is 16.1. The van der Waals surface area contributed by atoms with E-state index in [0.29, 0.717) is 19.6 Å². The van der Waals surface area contributed by atoms with Crippen molar-refractivity contribution in [3.8, 4) is 0 Å². The lowest BCUT2D eigenvalue weighted by Crippen LogP contribution is -2.46. The van der Waals surface area contributed by atoms with Crippen LogP contribution in [0.15, 0.2) is 53.6 Å². The Morgan fingerprint density at radius 3 is 2.48 bits per heavy atom. The van der Waals surface area contributed by atoms with Crippen molar-refractivity contribution in [2.45, 2.75) is 45.6 Å². The minimum Gasteiger partial charge on any atom is -0.383 e. The summed E-state index contributed by atoms with van der Waals surface area (Å²) >= 11 is 0. The topological polar surface area (TPSA) is 62.2 Å². The average Bonchev–Trinajstić information content (AvgIpc) is 3.23. The number of carbonyl (C=O) groups excluding carboxylic acids is 2. The first kappa shape index (κ1) is 23.2. The van der Waals surface area contributed by atoms with Crippen molar-refractivity contribution in [1.29, 1.82) is 0 Å². The van der Waals surface area contributed by atoms with Crippen molar-refractivity contribution in [3.63, 3.8) is 0 Å². The van der Waals surface area contributed by atoms with E-state index in [1.807, 2.05) is 30.3 Å². The predicted octanol–water partition coefficient (Wildman–Crippen LogP) is 4.26. The van der Waals surface area contributed by atoms with Crippen LogP contribution in [0.4, 0.5) is 0 Å². The number of hydrazone groups is 1. The summed E-state index contributed by atoms with van der Waals surface area (Å²) in [6.45, 7) is 5.02. The Hall–Kier alpha value is -2.99. The maximum atomic E-state index is 13.5. The summed E-state index contributed by atoms with van der Waals surface area (Å²) in [5, 5.41) is 6.38. The van der Waals surface area contributed by atoms with Crippen LogP contribution in [0.5, 0.6) is 0 Å². The van der Waals surface area contributed by atoms with Crippen LogP contribution in [-0.4, -0.2) is 54.2 Å². The zero-order chi connectivity index (χ0) is 23.4. The van der Waals surface area contributed by atoms with Gasteiger partial charge in [0.25, 0.3) is 5.91 Å². The van der Waals surface area contributed by atoms with Gasteiger partial charge in [-0.25, -0.2) is 5.01 Å². The van der Waals surface area contributed by atoms with Crippen molar-refractivity contribution in [2.24, 2.45) is 11.0 Å². The number of benzene rings is 2. The van der Waals surface area contributed by atoms with Crippen molar-refractivity contribution < 1.29 is 14.3 Å². The van der Waals surface area contributed by atoms with Gasteiger partial charge in [0.1, 0.15) is 6.54 Å². The second kappa shape index (κ2) is 10.3. The van der Waals surface area contributed by atoms with E-state index in [0.717, 1.165) is 36.1 Å². The molecule has 1 heterocycles. The van der Waals surface area contributed by atoms with Gasteiger partial charge in [0.15, 0.2) is 0 Å². The first-order valence-electron chi connectivity index (χ1n) is 11.8. The molecule has 0 unspecified atom stereocenters. The third kappa shape index (κ3) is 5.17. The standard InChI is InChI=1S/C27H33N3O3/c1-19-12-13-23(16-20(19)2)24-17-25(21-8-5-4-6-9-21)30(28-24)26(31)18-29(14-15-33-3)27(32)22-10-7-11-22/h4-6,8-9,12-13,16,22,25H,7,10-11,14-15,17-18H2,1-3H3/t25-/m0/s1. The molecule has 2 aromatic carbocycles. The molecule has 0 N–H and O–H groups in total. The Balaban J connectivity index is 1.59. The lowest BCUT2D eigenvalue weighted by molar-refractivity contribution is -0.146. The van der Waals surface area contributed by atoms with Gasteiger partial charge in [-0.2, -0.15) is 5.10 Å². The number of rotatable bonds is 8. The highest BCUT2D eigenvalue weighted by molar-refractivity contribution is 6.03. The van der Waals surface area contributed by atoms with Gasteiger partial charge in [0.2, 0.25) is 5.91 Å². The highest BCUT2D eigenvalue weighted by atomic mass is 16.5. The first-order valence-corrected chi connectivity index (χ1v) is 11.8. The van der Waals surface area contributed by atoms with E-state index >= 15 is 0 Å². The van der Waals surface area contributed by atoms with E-state index in [2.05, 4.69) is 32.0 Å². The second-order valence-electron chi connectivity index (χ2n) is 9.10. The van der Waals surface area contributed by atoms with Crippen LogP contribution in [-0.2, 0) is 14.3 Å². The summed E-state index contributed by atoms with van der Waals surface area (Å²) in [5.41, 5.74) is 5.41. The highest BCUT2D eigenvalue weighted by Crippen LogP contribution is 2.34. The molecule has 0 bridgehead atoms. The minimum absolute atomic E-state index is 0.0196. The van der Waals surface area contributed by atoms with Crippen molar-refractivity contribution >= 4 is 17.5 Å². The number of carbonyl (C=O) groups is 2. The van der Waals surface area contributed by atoms with Crippen LogP contribution in [0, 0.1) is 19.8 Å². The monoisotopic (exact) mass is 447 g/mol. The fraction of sp³-hybridized carbons (Fsp3) is 0.444. The van der Waals surface area contributed by atoms with E-state index in [1.54, 1.807) is 17.0 Å². The minimum atomic E-state index is -0.182. The van der Waals surface area contributed by atoms with Gasteiger partial charge >= 0.3 is 0 Å². The van der Waals surface area contributed by atoms with Crippen LogP contribution in [0.2, 0.25) is 0 Å². The first-order chi connectivity index (χ1) is 16.0. The third-order valence-electron chi connectivity index (χ3n) is 6.85. The van der Waals surface area contributed by atoms with E-state index in [1.165, 1.54) is 11.1 Å². The van der Waals surface area contributed by atoms with Crippen LogP contribution >= 0.6 is 0 Å². The van der Waals surface area contributed by atoms with Gasteiger partial charge < -0.3 is 9.64 Å². The fourth-order valence-electron chi connectivity index (χ4n) is 4.39. The number of nitrogens with zero attached hydrogens (tertiary/aromatic N) is 3. The maximum absolute atomic E-state index is 13.5. The van der Waals surface area contributed by atoms with Crippen molar-refractivity contribution in [1.82, 2.24) is 9.91 Å². The summed E-state index contributed by atoms with van der Waals surface area (Å²) in [6.07, 6.45) is 3.53. The van der Waals surface area contributed by atoms with E-state index < -0.39 is 0 Å². The normalized spacial score (nSPS) is 18.1. The van der Waals surface area contributed by atoms with E-state index in [9.17, 15) is 9.59 Å². The third-order valence-corrected chi connectivity index (χ3v) is 6.85. The van der Waals surface area contributed by atoms with Crippen molar-refractivity contribution in [3.05, 3.63) is 70.8 Å². The van der Waals surface area contributed by atoms with Gasteiger partial charge in [-0.15, -0.1) is 0 Å². The Morgan fingerprint density at radius 2 is 1.85 bits per heavy atom. The molecule has 0 spiro atoms. The summed E-state index contributed by atoms with van der Waals surface area (Å²) in [7, 11) is 1.61. The zero-order valence-electron chi connectivity index (χ0n) is 19.8. The van der Waals surface area contributed by atoms with Crippen molar-refractivity contribution in [2.75, 3.05) is 26.8 Å². The number of methoxy groups -OCH3 is 1. The van der Waals surface area contributed by atoms with Crippen LogP contribution in [0.3, 0.4) is 0 Å². The Bertz CT molecular complexity index is 1030. The molecule has 33 heavy (non-hydrogen) atoms. The molecule has 2 aromatic rings. The predicted molar refractivity (Wildman–Crippen MR) is 129 cm³/mol. The van der Waals surface area contributed by atoms with E-state index in [4.69, 9.17) is 9.84 Å². The molecule has 2 aliphatic rings. The smallest absolute Gasteiger partial charge is 0.262 e. The average molecular weight is 448 g/mol. The second-order valence-corrected chi connectivity index (χ2v) is 9.10. The number of hydrogen-bond donors (Lipinski definition) is 0. The van der Waals surface area contributed by atoms with Gasteiger partial charge in [-0.05, 0) is 55.0 Å². The molecule has 1 atom stereocenters. The van der Waals surface area contributed by atoms with Gasteiger partial charge in [-0.1, -0.05) is 48.9 Å². The summed E-state index contributed by atoms with van der Waals surface area (Å²) in [4.78, 5) is 28.1. The Morgan fingerprint density at radius 1 is 1.09 bits per heavy atom. The van der Waals surface area contributed by atoms with Gasteiger partial charge in [-0.3, -0.25) is 9.59 Å². The molecule has 0 radical (unpaired) electrons. The quantitative estimate of drug-likeness (QED) is 0.608. The molecule has 1 aliphatic heterocycles. The molecule has 6 nitrogen and oxygen atoms in total. The largest absolute Gasteiger partial charge is 0.383 e. The zero-order valence-corrected chi connectivity index (χ0v) is 19.8. The summed E-state index contributed by atoms with van der Waals surface area (Å²) < 4.78 is 5.20. The summed E-state index contributed by atoms with van der Waals surface area (Å²) in [5.74, 6) is -0.0697. The Kier molecular flexibility index (Phi) is 7.23. The van der Waals surface area contributed by atoms with Crippen LogP contribution in [0.1, 0.15) is 54.0 Å². The van der Waals surface area contributed by atoms with E-state index in [-0.39, 0.29) is 30.3 Å². The number of hydrogen-bond acceptors (Lipinski definition) is 4. The lowest BCUT2D eigenvalue weighted by atomic mass is 9.84. The fourth-order valence-corrected chi connectivity index (χ4v) is 4.39. The molecular formula is C27H33N3O3. The molecule has 1 fully saturated rings. The highest BCUT2D eigenvalue weighted by Gasteiger charge is 2.36. The maximum Gasteiger partial charge on any atom is 0.262 e. The SMILES string of the molecule is COCCN(CC(=O)N1N=C(c2ccc(C)c(C)c2)C[C@H]1c1ccccc1)C(=O)C1CCC1. The molecular weight excluding hydrogens is 414 g/mol. The molecule has 4 rings (SSSR count). The molecule has 1 aliphatic carbocycles. The number of ether oxygens (including phenoxy) is 1. The number of amides is 2. The molecule has 0 aromatic heterocycles.